The molecule has 0 aromatic rings. The van der Waals surface area contributed by atoms with Crippen molar-refractivity contribution in [3.63, 3.8) is 0 Å². The van der Waals surface area contributed by atoms with Gasteiger partial charge in [0.25, 0.3) is 0 Å². The second-order valence-electron chi connectivity index (χ2n) is 8.97. The first-order valence-corrected chi connectivity index (χ1v) is 11.1. The van der Waals surface area contributed by atoms with Crippen molar-refractivity contribution < 1.29 is 23.9 Å². The van der Waals surface area contributed by atoms with E-state index in [-0.39, 0.29) is 29.8 Å². The van der Waals surface area contributed by atoms with Crippen molar-refractivity contribution in [3.05, 3.63) is 0 Å². The number of nitrogens with one attached hydrogen (secondary N) is 2. The maximum absolute atomic E-state index is 12.7. The van der Waals surface area contributed by atoms with Crippen LogP contribution in [0.3, 0.4) is 0 Å². The number of ether oxygens (including phenoxy) is 2. The van der Waals surface area contributed by atoms with Crippen LogP contribution >= 0.6 is 0 Å². The van der Waals surface area contributed by atoms with Gasteiger partial charge >= 0.3 is 12.1 Å². The zero-order valence-electron chi connectivity index (χ0n) is 19.0. The molecule has 7 heteroatoms. The van der Waals surface area contributed by atoms with Crippen molar-refractivity contribution in [1.29, 1.82) is 0 Å². The molecule has 0 aromatic heterocycles. The van der Waals surface area contributed by atoms with Gasteiger partial charge in [-0.05, 0) is 59.3 Å². The van der Waals surface area contributed by atoms with Gasteiger partial charge < -0.3 is 20.1 Å². The normalized spacial score (nSPS) is 21.6. The summed E-state index contributed by atoms with van der Waals surface area (Å²) in [5.41, 5.74) is -0.624. The number of carbonyl (C=O) groups excluding carboxylic acids is 3. The number of hydrogen-bond donors (Lipinski definition) is 2. The van der Waals surface area contributed by atoms with E-state index in [1.165, 1.54) is 0 Å². The molecule has 0 spiro atoms. The molecular formula is C22H40N2O5. The second-order valence-corrected chi connectivity index (χ2v) is 8.97. The fraction of sp³-hybridized carbons (Fsp3) is 0.864. The SMILES string of the molecule is CCCCOC(=O)[C@H](CC)[C@H]1CCCC[C@H]1NC(=O)[C@@H](C)NC(=O)OC(C)(C)C. The zero-order chi connectivity index (χ0) is 22.0. The number of alkyl carbamates (subject to hydrolysis) is 1. The number of esters is 1. The monoisotopic (exact) mass is 412 g/mol. The van der Waals surface area contributed by atoms with Crippen LogP contribution in [0.5, 0.6) is 0 Å². The standard InChI is InChI=1S/C22H40N2O5/c1-7-9-14-28-20(26)16(8-2)17-12-10-11-13-18(17)24-19(25)15(3)23-21(27)29-22(4,5)6/h15-18H,7-14H2,1-6H3,(H,23,27)(H,24,25)/t15-,16-,17-,18-/m1/s1. The molecule has 1 saturated carbocycles. The van der Waals surface area contributed by atoms with Gasteiger partial charge in [-0.2, -0.15) is 0 Å². The molecule has 29 heavy (non-hydrogen) atoms. The van der Waals surface area contributed by atoms with Crippen molar-refractivity contribution in [1.82, 2.24) is 10.6 Å². The summed E-state index contributed by atoms with van der Waals surface area (Å²) in [6.45, 7) is 11.5. The van der Waals surface area contributed by atoms with E-state index >= 15 is 0 Å². The first-order valence-electron chi connectivity index (χ1n) is 11.1. The highest BCUT2D eigenvalue weighted by Gasteiger charge is 2.37. The number of amides is 2. The molecular weight excluding hydrogens is 372 g/mol. The third kappa shape index (κ3) is 9.05. The van der Waals surface area contributed by atoms with E-state index in [1.807, 2.05) is 6.92 Å². The van der Waals surface area contributed by atoms with E-state index in [4.69, 9.17) is 9.47 Å². The van der Waals surface area contributed by atoms with Crippen LogP contribution in [0.4, 0.5) is 4.79 Å². The van der Waals surface area contributed by atoms with Crippen LogP contribution in [0.2, 0.25) is 0 Å². The van der Waals surface area contributed by atoms with Gasteiger partial charge in [0.1, 0.15) is 11.6 Å². The molecule has 1 aliphatic rings. The van der Waals surface area contributed by atoms with Gasteiger partial charge in [0, 0.05) is 6.04 Å². The molecule has 0 unspecified atom stereocenters. The highest BCUT2D eigenvalue weighted by Crippen LogP contribution is 2.33. The minimum atomic E-state index is -0.719. The van der Waals surface area contributed by atoms with Crippen molar-refractivity contribution in [2.24, 2.45) is 11.8 Å². The Hall–Kier alpha value is -1.79. The lowest BCUT2D eigenvalue weighted by Gasteiger charge is -2.36. The summed E-state index contributed by atoms with van der Waals surface area (Å²) < 4.78 is 10.7. The number of carbonyl (C=O) groups is 3. The summed E-state index contributed by atoms with van der Waals surface area (Å²) in [5, 5.41) is 5.63. The van der Waals surface area contributed by atoms with Crippen LogP contribution < -0.4 is 10.6 Å². The fourth-order valence-corrected chi connectivity index (χ4v) is 3.75. The molecule has 4 atom stereocenters. The first kappa shape index (κ1) is 25.2. The molecule has 0 bridgehead atoms. The molecule has 2 amide bonds. The van der Waals surface area contributed by atoms with E-state index in [9.17, 15) is 14.4 Å². The second kappa shape index (κ2) is 12.0. The quantitative estimate of drug-likeness (QED) is 0.442. The van der Waals surface area contributed by atoms with Crippen molar-refractivity contribution in [2.45, 2.75) is 104 Å². The van der Waals surface area contributed by atoms with Gasteiger partial charge in [-0.1, -0.05) is 33.1 Å². The van der Waals surface area contributed by atoms with Crippen LogP contribution in [-0.2, 0) is 19.1 Å². The number of rotatable bonds is 9. The van der Waals surface area contributed by atoms with Gasteiger partial charge in [-0.15, -0.1) is 0 Å². The highest BCUT2D eigenvalue weighted by molar-refractivity contribution is 5.85. The molecule has 0 saturated heterocycles. The van der Waals surface area contributed by atoms with E-state index in [0.717, 1.165) is 38.5 Å². The van der Waals surface area contributed by atoms with E-state index in [2.05, 4.69) is 17.6 Å². The van der Waals surface area contributed by atoms with Crippen molar-refractivity contribution >= 4 is 18.0 Å². The Labute approximate surface area is 175 Å². The highest BCUT2D eigenvalue weighted by atomic mass is 16.6. The Kier molecular flexibility index (Phi) is 10.5. The maximum atomic E-state index is 12.7. The summed E-state index contributed by atoms with van der Waals surface area (Å²) in [7, 11) is 0. The first-order chi connectivity index (χ1) is 13.6. The maximum Gasteiger partial charge on any atom is 0.408 e. The Morgan fingerprint density at radius 3 is 2.34 bits per heavy atom. The van der Waals surface area contributed by atoms with Gasteiger partial charge in [-0.3, -0.25) is 9.59 Å². The van der Waals surface area contributed by atoms with E-state index in [1.54, 1.807) is 27.7 Å². The summed E-state index contributed by atoms with van der Waals surface area (Å²) in [5.74, 6) is -0.582. The Morgan fingerprint density at radius 1 is 1.10 bits per heavy atom. The van der Waals surface area contributed by atoms with Crippen LogP contribution in [0.15, 0.2) is 0 Å². The molecule has 0 aromatic carbocycles. The molecule has 1 fully saturated rings. The van der Waals surface area contributed by atoms with Gasteiger partial charge in [0.2, 0.25) is 5.91 Å². The average Bonchev–Trinajstić information content (AvgIpc) is 2.62. The largest absolute Gasteiger partial charge is 0.465 e. The Balaban J connectivity index is 2.69. The van der Waals surface area contributed by atoms with Crippen molar-refractivity contribution in [2.75, 3.05) is 6.61 Å². The number of hydrogen-bond acceptors (Lipinski definition) is 5. The van der Waals surface area contributed by atoms with Crippen LogP contribution in [-0.4, -0.2) is 42.3 Å². The summed E-state index contributed by atoms with van der Waals surface area (Å²) in [6.07, 6.45) is 5.68. The molecule has 0 aliphatic heterocycles. The topological polar surface area (TPSA) is 93.7 Å². The Bertz CT molecular complexity index is 544. The predicted molar refractivity (Wildman–Crippen MR) is 112 cm³/mol. The van der Waals surface area contributed by atoms with Gasteiger partial charge in [0.15, 0.2) is 0 Å². The smallest absolute Gasteiger partial charge is 0.408 e. The third-order valence-electron chi connectivity index (χ3n) is 5.28. The molecule has 2 N–H and O–H groups in total. The molecule has 7 nitrogen and oxygen atoms in total. The van der Waals surface area contributed by atoms with Crippen molar-refractivity contribution in [3.8, 4) is 0 Å². The summed E-state index contributed by atoms with van der Waals surface area (Å²) >= 11 is 0. The lowest BCUT2D eigenvalue weighted by molar-refractivity contribution is -0.152. The minimum Gasteiger partial charge on any atom is -0.465 e. The predicted octanol–water partition coefficient (Wildman–Crippen LogP) is 3.94. The molecule has 0 radical (unpaired) electrons. The fourth-order valence-electron chi connectivity index (χ4n) is 3.75. The lowest BCUT2D eigenvalue weighted by atomic mass is 9.75. The van der Waals surface area contributed by atoms with Gasteiger partial charge in [-0.25, -0.2) is 4.79 Å². The molecule has 1 rings (SSSR count). The van der Waals surface area contributed by atoms with Crippen LogP contribution in [0.1, 0.15) is 86.5 Å². The van der Waals surface area contributed by atoms with Crippen LogP contribution in [0, 0.1) is 11.8 Å². The average molecular weight is 413 g/mol. The summed E-state index contributed by atoms with van der Waals surface area (Å²) in [4.78, 5) is 37.2. The molecule has 168 valence electrons. The van der Waals surface area contributed by atoms with E-state index in [0.29, 0.717) is 13.0 Å². The third-order valence-corrected chi connectivity index (χ3v) is 5.28. The Morgan fingerprint density at radius 2 is 1.76 bits per heavy atom. The molecule has 1 aliphatic carbocycles. The number of unbranched alkanes of at least 4 members (excludes halogenated alkanes) is 1. The zero-order valence-corrected chi connectivity index (χ0v) is 19.0. The van der Waals surface area contributed by atoms with E-state index < -0.39 is 17.7 Å². The summed E-state index contributed by atoms with van der Waals surface area (Å²) in [6, 6.07) is -0.813. The minimum absolute atomic E-state index is 0.0561. The lowest BCUT2D eigenvalue weighted by Crippen LogP contribution is -2.53. The van der Waals surface area contributed by atoms with Gasteiger partial charge in [0.05, 0.1) is 12.5 Å². The molecule has 0 heterocycles. The van der Waals surface area contributed by atoms with Crippen LogP contribution in [0.25, 0.3) is 0 Å².